The van der Waals surface area contributed by atoms with E-state index >= 15 is 0 Å². The molecule has 0 saturated carbocycles. The zero-order chi connectivity index (χ0) is 56.8. The molecule has 0 radical (unpaired) electrons. The molecule has 0 bridgehead atoms. The molecule has 0 aliphatic carbocycles. The molecule has 4 N–H and O–H groups in total. The van der Waals surface area contributed by atoms with Gasteiger partial charge in [0.15, 0.2) is 11.5 Å². The van der Waals surface area contributed by atoms with Crippen LogP contribution in [-0.4, -0.2) is 260 Å². The zero-order valence-electron chi connectivity index (χ0n) is 46.8. The SMILES string of the molecule is CC(C)(C)OCCOCCOCCOc1cc(COC(=O)CN(CCN(CCN(CC(=O)O)CC(=O)O)CC(=O)O)CC(=O)O)cc(OCCOCCOCCOC(C)(C)C)c1OCCOCCOCCOC(C)(C)C.[Gd+2]. The van der Waals surface area contributed by atoms with Crippen LogP contribution in [0.25, 0.3) is 0 Å². The van der Waals surface area contributed by atoms with Crippen molar-refractivity contribution >= 4 is 29.8 Å². The number of nitrogens with zero attached hydrogens (tertiary/aromatic N) is 3. The van der Waals surface area contributed by atoms with Gasteiger partial charge in [-0.3, -0.25) is 38.7 Å². The van der Waals surface area contributed by atoms with E-state index in [-0.39, 0.29) is 146 Å². The van der Waals surface area contributed by atoms with Gasteiger partial charge in [0, 0.05) is 26.2 Å². The van der Waals surface area contributed by atoms with Crippen molar-refractivity contribution in [2.45, 2.75) is 85.7 Å². The number of aliphatic carboxylic acids is 4. The Morgan fingerprint density at radius 1 is 0.390 bits per heavy atom. The Hall–Kier alpha value is -3.19. The summed E-state index contributed by atoms with van der Waals surface area (Å²) in [6.07, 6.45) is 0. The van der Waals surface area contributed by atoms with Gasteiger partial charge >= 0.3 is 69.8 Å². The molecule has 0 unspecified atom stereocenters. The van der Waals surface area contributed by atoms with Crippen molar-refractivity contribution in [1.29, 1.82) is 0 Å². The number of hydrogen-bond donors (Lipinski definition) is 4. The Bertz CT molecular complexity index is 1710. The molecular formula is C51H89GdN3O22+2. The van der Waals surface area contributed by atoms with E-state index < -0.39 is 62.6 Å². The van der Waals surface area contributed by atoms with Gasteiger partial charge < -0.3 is 82.0 Å². The summed E-state index contributed by atoms with van der Waals surface area (Å²) >= 11 is 0. The first-order valence-corrected chi connectivity index (χ1v) is 25.5. The van der Waals surface area contributed by atoms with Crippen LogP contribution in [0.3, 0.4) is 0 Å². The summed E-state index contributed by atoms with van der Waals surface area (Å²) in [6, 6.07) is 3.21. The maximum Gasteiger partial charge on any atom is 2.00 e. The van der Waals surface area contributed by atoms with Crippen molar-refractivity contribution < 1.29 is 146 Å². The van der Waals surface area contributed by atoms with E-state index in [1.165, 1.54) is 9.80 Å². The molecule has 0 amide bonds. The summed E-state index contributed by atoms with van der Waals surface area (Å²) in [6.45, 7) is 19.4. The van der Waals surface area contributed by atoms with Crippen LogP contribution in [0.5, 0.6) is 17.2 Å². The fraction of sp³-hybridized carbons (Fsp3) is 0.784. The van der Waals surface area contributed by atoms with Crippen LogP contribution in [0.4, 0.5) is 0 Å². The molecule has 0 spiro atoms. The predicted molar refractivity (Wildman–Crippen MR) is 275 cm³/mol. The predicted octanol–water partition coefficient (Wildman–Crippen LogP) is 2.66. The van der Waals surface area contributed by atoms with Gasteiger partial charge in [-0.1, -0.05) is 0 Å². The first-order valence-electron chi connectivity index (χ1n) is 25.5. The Labute approximate surface area is 486 Å². The number of ether oxygens (including phenoxy) is 13. The summed E-state index contributed by atoms with van der Waals surface area (Å²) in [7, 11) is 0. The minimum atomic E-state index is -1.27. The second-order valence-electron chi connectivity index (χ2n) is 20.0. The molecule has 0 saturated heterocycles. The van der Waals surface area contributed by atoms with E-state index in [0.717, 1.165) is 4.90 Å². The van der Waals surface area contributed by atoms with Crippen molar-refractivity contribution in [2.24, 2.45) is 0 Å². The number of carboxylic acid groups (broad SMARTS) is 4. The topological polar surface area (TPSA) is 296 Å². The van der Waals surface area contributed by atoms with Crippen LogP contribution >= 0.6 is 0 Å². The minimum Gasteiger partial charge on any atom is -0.487 e. The Balaban J connectivity index is 0.0000578. The normalized spacial score (nSPS) is 12.0. The fourth-order valence-electron chi connectivity index (χ4n) is 6.30. The van der Waals surface area contributed by atoms with Crippen molar-refractivity contribution in [1.82, 2.24) is 14.7 Å². The third-order valence-electron chi connectivity index (χ3n) is 9.58. The summed E-state index contributed by atoms with van der Waals surface area (Å²) in [5.41, 5.74) is -0.404. The molecule has 0 fully saturated rings. The number of carbonyl (C=O) groups excluding carboxylic acids is 1. The average molecular weight is 1250 g/mol. The van der Waals surface area contributed by atoms with Crippen LogP contribution < -0.4 is 14.2 Å². The average Bonchev–Trinajstić information content (AvgIpc) is 3.29. The number of carbonyl (C=O) groups is 5. The smallest absolute Gasteiger partial charge is 0.487 e. The molecule has 0 aliphatic rings. The van der Waals surface area contributed by atoms with Crippen molar-refractivity contribution in [3.05, 3.63) is 17.7 Å². The van der Waals surface area contributed by atoms with Gasteiger partial charge in [-0.05, 0) is 80.0 Å². The first kappa shape index (κ1) is 73.8. The van der Waals surface area contributed by atoms with E-state index in [1.54, 1.807) is 12.1 Å². The van der Waals surface area contributed by atoms with E-state index in [9.17, 15) is 44.4 Å². The van der Waals surface area contributed by atoms with Crippen molar-refractivity contribution in [3.8, 4) is 17.2 Å². The number of benzene rings is 1. The standard InChI is InChI=1S/C51H89N3O22.Gd/c1-49(2,3)74-29-23-67-17-14-64-20-26-70-41-32-40(39-73-47(63)38-54(37-46(61)62)13-11-52(34-43(55)56)10-12-53(35-44(57)58)36-45(59)60)33-42(71-27-21-65-15-18-68-24-30-75-50(4,5)6)48(41)72-28-22-66-16-19-69-25-31-76-51(7,8)9;/h32-33H,10-31,34-39H2,1-9H3,(H,55,56)(H,57,58)(H,59,60)(H,61,62);/q;+2. The van der Waals surface area contributed by atoms with E-state index in [0.29, 0.717) is 84.8 Å². The summed E-state index contributed by atoms with van der Waals surface area (Å²) in [5, 5.41) is 37.6. The van der Waals surface area contributed by atoms with Crippen molar-refractivity contribution in [3.63, 3.8) is 0 Å². The largest absolute Gasteiger partial charge is 2.00 e. The number of carboxylic acids is 4. The molecule has 25 nitrogen and oxygen atoms in total. The van der Waals surface area contributed by atoms with Gasteiger partial charge in [-0.25, -0.2) is 0 Å². The van der Waals surface area contributed by atoms with Crippen LogP contribution in [0.15, 0.2) is 12.1 Å². The summed E-state index contributed by atoms with van der Waals surface area (Å²) < 4.78 is 75.4. The third kappa shape index (κ3) is 45.3. The monoisotopic (exact) mass is 1250 g/mol. The van der Waals surface area contributed by atoms with E-state index in [4.69, 9.17) is 61.6 Å². The zero-order valence-corrected chi connectivity index (χ0v) is 49.1. The second-order valence-corrected chi connectivity index (χ2v) is 20.0. The maximum atomic E-state index is 13.4. The van der Waals surface area contributed by atoms with Crippen LogP contribution in [0.1, 0.15) is 67.9 Å². The van der Waals surface area contributed by atoms with Gasteiger partial charge in [0.25, 0.3) is 0 Å². The van der Waals surface area contributed by atoms with Crippen LogP contribution in [-0.2, 0) is 77.9 Å². The molecule has 0 aromatic heterocycles. The van der Waals surface area contributed by atoms with Gasteiger partial charge in [0.2, 0.25) is 5.75 Å². The Morgan fingerprint density at radius 3 is 0.987 bits per heavy atom. The molecule has 0 aliphatic heterocycles. The van der Waals surface area contributed by atoms with Gasteiger partial charge in [0.05, 0.1) is 149 Å². The molecule has 1 aromatic rings. The Morgan fingerprint density at radius 2 is 0.662 bits per heavy atom. The van der Waals surface area contributed by atoms with E-state index in [2.05, 4.69) is 0 Å². The Kier molecular flexibility index (Phi) is 40.9. The molecule has 1 rings (SSSR count). The molecular weight excluding hydrogens is 1160 g/mol. The van der Waals surface area contributed by atoms with Crippen molar-refractivity contribution in [2.75, 3.05) is 178 Å². The van der Waals surface area contributed by atoms with Crippen LogP contribution in [0, 0.1) is 39.9 Å². The fourth-order valence-corrected chi connectivity index (χ4v) is 6.30. The van der Waals surface area contributed by atoms with Gasteiger partial charge in [-0.2, -0.15) is 0 Å². The summed E-state index contributed by atoms with van der Waals surface area (Å²) in [5.74, 6) is -5.16. The molecule has 1 aromatic carbocycles. The molecule has 77 heavy (non-hydrogen) atoms. The molecule has 0 heterocycles. The molecule has 0 atom stereocenters. The summed E-state index contributed by atoms with van der Waals surface area (Å²) in [4.78, 5) is 63.2. The minimum absolute atomic E-state index is 0. The maximum absolute atomic E-state index is 13.4. The number of rotatable bonds is 48. The van der Waals surface area contributed by atoms with Gasteiger partial charge in [0.1, 0.15) is 26.4 Å². The quantitative estimate of drug-likeness (QED) is 0.0539. The number of hydrogen-bond acceptors (Lipinski definition) is 21. The molecule has 446 valence electrons. The number of esters is 1. The van der Waals surface area contributed by atoms with Gasteiger partial charge in [-0.15, -0.1) is 0 Å². The molecule has 26 heteroatoms. The van der Waals surface area contributed by atoms with E-state index in [1.807, 2.05) is 62.3 Å². The van der Waals surface area contributed by atoms with Crippen LogP contribution in [0.2, 0.25) is 0 Å². The second kappa shape index (κ2) is 42.7. The first-order chi connectivity index (χ1) is 35.8. The third-order valence-corrected chi connectivity index (χ3v) is 9.58.